The van der Waals surface area contributed by atoms with Gasteiger partial charge < -0.3 is 28.5 Å². The fourth-order valence-electron chi connectivity index (χ4n) is 0.501. The van der Waals surface area contributed by atoms with Crippen LogP contribution < -0.4 is 24.0 Å². The Morgan fingerprint density at radius 3 is 2.30 bits per heavy atom. The van der Waals surface area contributed by atoms with Crippen LogP contribution >= 0.6 is 22.6 Å². The number of hydrogen-bond donors (Lipinski definition) is 0. The highest BCUT2D eigenvalue weighted by Gasteiger charge is 2.09. The zero-order chi connectivity index (χ0) is 7.33. The molecule has 0 amide bonds. The summed E-state index contributed by atoms with van der Waals surface area (Å²) >= 11 is 2.41. The Kier molecular flexibility index (Phi) is 9.40. The summed E-state index contributed by atoms with van der Waals surface area (Å²) in [6.45, 7) is 4.89. The van der Waals surface area contributed by atoms with Gasteiger partial charge in [-0.25, -0.2) is 0 Å². The number of hydrogen-bond acceptors (Lipinski definition) is 0. The van der Waals surface area contributed by atoms with Gasteiger partial charge in [0.1, 0.15) is 4.55 Å². The van der Waals surface area contributed by atoms with Crippen molar-refractivity contribution in [2.45, 2.75) is 6.42 Å². The highest BCUT2D eigenvalue weighted by atomic mass is 127. The molecule has 0 bridgehead atoms. The smallest absolute Gasteiger partial charge is 0.129 e. The van der Waals surface area contributed by atoms with Gasteiger partial charge in [-0.05, 0) is 22.6 Å². The first-order valence-corrected chi connectivity index (χ1v) is 4.64. The van der Waals surface area contributed by atoms with Crippen LogP contribution in [0.4, 0.5) is 0 Å². The van der Waals surface area contributed by atoms with Gasteiger partial charge in [0.25, 0.3) is 0 Å². The highest BCUT2D eigenvalue weighted by Crippen LogP contribution is 2.02. The number of rotatable bonds is 4. The lowest BCUT2D eigenvalue weighted by Crippen LogP contribution is -3.00. The van der Waals surface area contributed by atoms with Gasteiger partial charge in [-0.1, -0.05) is 6.08 Å². The fraction of sp³-hybridized carbons (Fsp3) is 0.714. The van der Waals surface area contributed by atoms with E-state index in [4.69, 9.17) is 0 Å². The van der Waals surface area contributed by atoms with Crippen molar-refractivity contribution >= 4 is 22.6 Å². The standard InChI is InChI=1S/C7H15IN.HI/c1-4-5-6-9(2,3)7-8;/h4H,1,5-7H2,2-3H3;1H/q+1;/p-1. The quantitative estimate of drug-likeness (QED) is 0.197. The maximum Gasteiger partial charge on any atom is 0.129 e. The number of halogens is 2. The average Bonchev–Trinajstić information content (AvgIpc) is 1.84. The summed E-state index contributed by atoms with van der Waals surface area (Å²) in [5.41, 5.74) is 0. The molecule has 0 aliphatic heterocycles. The summed E-state index contributed by atoms with van der Waals surface area (Å²) in [5.74, 6) is 0. The molecular formula is C7H15I2N. The summed E-state index contributed by atoms with van der Waals surface area (Å²) in [6.07, 6.45) is 3.10. The minimum Gasteiger partial charge on any atom is -1.00 e. The minimum atomic E-state index is 0. The first-order chi connectivity index (χ1) is 4.12. The van der Waals surface area contributed by atoms with Crippen molar-refractivity contribution in [2.24, 2.45) is 0 Å². The normalized spacial score (nSPS) is 10.3. The molecule has 10 heavy (non-hydrogen) atoms. The highest BCUT2D eigenvalue weighted by molar-refractivity contribution is 14.1. The van der Waals surface area contributed by atoms with E-state index in [1.165, 1.54) is 11.1 Å². The lowest BCUT2D eigenvalue weighted by atomic mass is 10.4. The Morgan fingerprint density at radius 2 is 2.00 bits per heavy atom. The molecule has 0 aliphatic carbocycles. The van der Waals surface area contributed by atoms with E-state index in [2.05, 4.69) is 43.3 Å². The number of nitrogens with zero attached hydrogens (tertiary/aromatic N) is 1. The zero-order valence-corrected chi connectivity index (χ0v) is 10.9. The second-order valence-electron chi connectivity index (χ2n) is 2.86. The lowest BCUT2D eigenvalue weighted by Gasteiger charge is -2.26. The molecule has 0 saturated heterocycles. The molecule has 0 spiro atoms. The van der Waals surface area contributed by atoms with Crippen LogP contribution in [0, 0.1) is 0 Å². The van der Waals surface area contributed by atoms with Crippen LogP contribution in [0.5, 0.6) is 0 Å². The van der Waals surface area contributed by atoms with E-state index in [1.54, 1.807) is 0 Å². The van der Waals surface area contributed by atoms with Gasteiger partial charge >= 0.3 is 0 Å². The van der Waals surface area contributed by atoms with Crippen LogP contribution in [-0.2, 0) is 0 Å². The summed E-state index contributed by atoms with van der Waals surface area (Å²) in [6, 6.07) is 0. The predicted octanol–water partition coefficient (Wildman–Crippen LogP) is -0.965. The summed E-state index contributed by atoms with van der Waals surface area (Å²) in [4.78, 5) is 0. The molecule has 0 rings (SSSR count). The molecular weight excluding hydrogens is 352 g/mol. The van der Waals surface area contributed by atoms with E-state index in [0.29, 0.717) is 0 Å². The van der Waals surface area contributed by atoms with Gasteiger partial charge in [0.2, 0.25) is 0 Å². The van der Waals surface area contributed by atoms with Crippen molar-refractivity contribution in [3.05, 3.63) is 12.7 Å². The van der Waals surface area contributed by atoms with Crippen molar-refractivity contribution in [3.8, 4) is 0 Å². The largest absolute Gasteiger partial charge is 1.00 e. The first kappa shape index (κ1) is 13.7. The van der Waals surface area contributed by atoms with Crippen molar-refractivity contribution in [3.63, 3.8) is 0 Å². The molecule has 0 atom stereocenters. The van der Waals surface area contributed by atoms with E-state index in [1.807, 2.05) is 6.08 Å². The second kappa shape index (κ2) is 6.84. The molecule has 1 nitrogen and oxygen atoms in total. The third kappa shape index (κ3) is 7.27. The molecule has 0 saturated carbocycles. The Balaban J connectivity index is 0. The molecule has 0 radical (unpaired) electrons. The molecule has 0 unspecified atom stereocenters. The molecule has 0 aromatic heterocycles. The molecule has 0 fully saturated rings. The van der Waals surface area contributed by atoms with Gasteiger partial charge in [0.15, 0.2) is 0 Å². The predicted molar refractivity (Wildman–Crippen MR) is 50.7 cm³/mol. The van der Waals surface area contributed by atoms with E-state index in [0.717, 1.165) is 10.9 Å². The van der Waals surface area contributed by atoms with E-state index < -0.39 is 0 Å². The minimum absolute atomic E-state index is 0. The first-order valence-electron chi connectivity index (χ1n) is 3.11. The van der Waals surface area contributed by atoms with Crippen LogP contribution in [-0.4, -0.2) is 29.7 Å². The number of quaternary nitrogens is 1. The molecule has 62 valence electrons. The monoisotopic (exact) mass is 367 g/mol. The van der Waals surface area contributed by atoms with E-state index >= 15 is 0 Å². The third-order valence-electron chi connectivity index (χ3n) is 1.26. The van der Waals surface area contributed by atoms with Gasteiger partial charge in [-0.3, -0.25) is 0 Å². The maximum absolute atomic E-state index is 3.69. The second-order valence-corrected chi connectivity index (χ2v) is 3.54. The van der Waals surface area contributed by atoms with Crippen molar-refractivity contribution in [1.29, 1.82) is 0 Å². The van der Waals surface area contributed by atoms with Crippen LogP contribution in [0.3, 0.4) is 0 Å². The average molecular weight is 367 g/mol. The van der Waals surface area contributed by atoms with Crippen LogP contribution in [0.15, 0.2) is 12.7 Å². The fourth-order valence-corrected chi connectivity index (χ4v) is 0.842. The van der Waals surface area contributed by atoms with Crippen LogP contribution in [0.2, 0.25) is 0 Å². The maximum atomic E-state index is 3.69. The van der Waals surface area contributed by atoms with Crippen molar-refractivity contribution in [1.82, 2.24) is 0 Å². The SMILES string of the molecule is C=CCC[N+](C)(C)CI.[I-]. The van der Waals surface area contributed by atoms with Crippen molar-refractivity contribution < 1.29 is 28.5 Å². The van der Waals surface area contributed by atoms with E-state index in [-0.39, 0.29) is 24.0 Å². The zero-order valence-electron chi connectivity index (χ0n) is 6.61. The number of alkyl halides is 1. The topological polar surface area (TPSA) is 0 Å². The van der Waals surface area contributed by atoms with Crippen LogP contribution in [0.25, 0.3) is 0 Å². The van der Waals surface area contributed by atoms with Gasteiger partial charge in [-0.15, -0.1) is 6.58 Å². The van der Waals surface area contributed by atoms with Gasteiger partial charge in [0, 0.05) is 6.42 Å². The van der Waals surface area contributed by atoms with Gasteiger partial charge in [-0.2, -0.15) is 0 Å². The Bertz CT molecular complexity index is 91.6. The lowest BCUT2D eigenvalue weighted by molar-refractivity contribution is -0.873. The van der Waals surface area contributed by atoms with Gasteiger partial charge in [0.05, 0.1) is 20.6 Å². The Labute approximate surface area is 94.6 Å². The summed E-state index contributed by atoms with van der Waals surface area (Å²) in [5, 5.41) is 0. The van der Waals surface area contributed by atoms with Crippen LogP contribution in [0.1, 0.15) is 6.42 Å². The molecule has 0 heterocycles. The molecule has 0 N–H and O–H groups in total. The summed E-state index contributed by atoms with van der Waals surface area (Å²) in [7, 11) is 4.46. The molecule has 0 aromatic rings. The molecule has 3 heteroatoms. The van der Waals surface area contributed by atoms with Crippen molar-refractivity contribution in [2.75, 3.05) is 25.2 Å². The molecule has 0 aromatic carbocycles. The Hall–Kier alpha value is 1.16. The Morgan fingerprint density at radius 1 is 1.50 bits per heavy atom. The van der Waals surface area contributed by atoms with E-state index in [9.17, 15) is 0 Å². The third-order valence-corrected chi connectivity index (χ3v) is 3.11. The molecule has 0 aliphatic rings. The summed E-state index contributed by atoms with van der Waals surface area (Å²) < 4.78 is 2.26.